The lowest BCUT2D eigenvalue weighted by atomic mass is 10.1. The number of ketones is 1. The number of amides is 1. The molecule has 0 unspecified atom stereocenters. The fourth-order valence-electron chi connectivity index (χ4n) is 2.72. The van der Waals surface area contributed by atoms with Gasteiger partial charge in [0, 0.05) is 24.0 Å². The van der Waals surface area contributed by atoms with E-state index in [0.29, 0.717) is 45.3 Å². The number of nitrogens with two attached hydrogens (primary N) is 1. The zero-order valence-electron chi connectivity index (χ0n) is 19.0. The first-order valence-corrected chi connectivity index (χ1v) is 12.5. The van der Waals surface area contributed by atoms with Crippen LogP contribution in [0.15, 0.2) is 29.6 Å². The average molecular weight is 524 g/mol. The van der Waals surface area contributed by atoms with Crippen molar-refractivity contribution in [2.75, 3.05) is 24.1 Å². The summed E-state index contributed by atoms with van der Waals surface area (Å²) >= 11 is 8.35. The minimum atomic E-state index is -0.537. The van der Waals surface area contributed by atoms with Gasteiger partial charge in [-0.15, -0.1) is 11.3 Å². The fourth-order valence-corrected chi connectivity index (χ4v) is 4.36. The topological polar surface area (TPSA) is 128 Å². The molecule has 182 valence electrons. The number of hydrogen-bond acceptors (Lipinski definition) is 10. The van der Waals surface area contributed by atoms with Gasteiger partial charge in [0.2, 0.25) is 5.78 Å². The summed E-state index contributed by atoms with van der Waals surface area (Å²) in [6.07, 6.45) is 0.187. The second-order valence-corrected chi connectivity index (χ2v) is 10.6. The van der Waals surface area contributed by atoms with Gasteiger partial charge in [0.1, 0.15) is 28.7 Å². The maximum Gasteiger partial charge on any atom is 0.407 e. The van der Waals surface area contributed by atoms with Crippen molar-refractivity contribution in [2.24, 2.45) is 0 Å². The monoisotopic (exact) mass is 523 g/mol. The van der Waals surface area contributed by atoms with Gasteiger partial charge in [-0.3, -0.25) is 4.79 Å². The Labute approximate surface area is 210 Å². The van der Waals surface area contributed by atoms with Gasteiger partial charge < -0.3 is 25.8 Å². The van der Waals surface area contributed by atoms with Crippen LogP contribution in [0.4, 0.5) is 15.7 Å². The van der Waals surface area contributed by atoms with Crippen LogP contribution in [0, 0.1) is 0 Å². The van der Waals surface area contributed by atoms with E-state index >= 15 is 0 Å². The fraction of sp³-hybridized carbons (Fsp3) is 0.364. The Balaban J connectivity index is 1.51. The molecule has 0 radical (unpaired) electrons. The standard InChI is InChI=1S/C22H26ClN5O4S2/c1-22(2,3)32-21(30)26-9-5-8-25-20-28-18(24)17(34-20)16(29)13-6-4-7-15(10-13)31-11-14-12-33-19(23)27-14/h4,6-7,10,12H,5,8-9,11,24H2,1-3H3,(H,25,28)(H,26,30). The molecule has 3 rings (SSSR count). The van der Waals surface area contributed by atoms with Gasteiger partial charge >= 0.3 is 6.09 Å². The molecule has 0 saturated heterocycles. The lowest BCUT2D eigenvalue weighted by Gasteiger charge is -2.19. The third-order valence-corrected chi connectivity index (χ3v) is 6.22. The molecule has 0 saturated carbocycles. The van der Waals surface area contributed by atoms with Gasteiger partial charge in [0.05, 0.1) is 5.69 Å². The molecule has 12 heteroatoms. The van der Waals surface area contributed by atoms with Crippen LogP contribution in [0.25, 0.3) is 0 Å². The summed E-state index contributed by atoms with van der Waals surface area (Å²) in [5, 5.41) is 8.17. The quantitative estimate of drug-likeness (QED) is 0.251. The number of hydrogen-bond donors (Lipinski definition) is 3. The Morgan fingerprint density at radius 1 is 1.21 bits per heavy atom. The van der Waals surface area contributed by atoms with E-state index in [2.05, 4.69) is 20.6 Å². The number of ether oxygens (including phenoxy) is 2. The van der Waals surface area contributed by atoms with Gasteiger partial charge in [-0.2, -0.15) is 0 Å². The Morgan fingerprint density at radius 2 is 2.00 bits per heavy atom. The number of nitrogens with one attached hydrogen (secondary N) is 2. The van der Waals surface area contributed by atoms with Gasteiger partial charge in [-0.1, -0.05) is 35.1 Å². The summed E-state index contributed by atoms with van der Waals surface area (Å²) in [7, 11) is 0. The van der Waals surface area contributed by atoms with Crippen LogP contribution >= 0.6 is 34.3 Å². The van der Waals surface area contributed by atoms with Crippen molar-refractivity contribution in [3.63, 3.8) is 0 Å². The van der Waals surface area contributed by atoms with Crippen molar-refractivity contribution >= 4 is 57.1 Å². The van der Waals surface area contributed by atoms with Crippen molar-refractivity contribution in [3.8, 4) is 5.75 Å². The Morgan fingerprint density at radius 3 is 2.71 bits per heavy atom. The molecule has 4 N–H and O–H groups in total. The van der Waals surface area contributed by atoms with Crippen LogP contribution < -0.4 is 21.1 Å². The van der Waals surface area contributed by atoms with Gasteiger partial charge in [-0.05, 0) is 39.3 Å². The highest BCUT2D eigenvalue weighted by Crippen LogP contribution is 2.28. The van der Waals surface area contributed by atoms with E-state index in [4.69, 9.17) is 26.8 Å². The van der Waals surface area contributed by atoms with E-state index in [0.717, 1.165) is 5.69 Å². The summed E-state index contributed by atoms with van der Waals surface area (Å²) in [5.74, 6) is 0.457. The number of nitrogen functional groups attached to an aromatic ring is 1. The maximum atomic E-state index is 13.0. The number of rotatable bonds is 10. The molecular formula is C22H26ClN5O4S2. The zero-order chi connectivity index (χ0) is 24.7. The molecule has 0 fully saturated rings. The molecule has 9 nitrogen and oxygen atoms in total. The number of nitrogens with zero attached hydrogens (tertiary/aromatic N) is 2. The molecule has 1 aromatic carbocycles. The number of aromatic nitrogens is 2. The van der Waals surface area contributed by atoms with E-state index < -0.39 is 11.7 Å². The number of carbonyl (C=O) groups excluding carboxylic acids is 2. The van der Waals surface area contributed by atoms with Gasteiger partial charge in [0.15, 0.2) is 9.60 Å². The molecule has 34 heavy (non-hydrogen) atoms. The number of halogens is 1. The number of alkyl carbamates (subject to hydrolysis) is 1. The molecule has 0 atom stereocenters. The molecular weight excluding hydrogens is 498 g/mol. The number of anilines is 2. The molecule has 0 aliphatic rings. The number of carbonyl (C=O) groups is 2. The smallest absolute Gasteiger partial charge is 0.407 e. The summed E-state index contributed by atoms with van der Waals surface area (Å²) in [6, 6.07) is 6.86. The predicted molar refractivity (Wildman–Crippen MR) is 135 cm³/mol. The van der Waals surface area contributed by atoms with Gasteiger partial charge in [-0.25, -0.2) is 14.8 Å². The van der Waals surface area contributed by atoms with Crippen molar-refractivity contribution < 1.29 is 19.1 Å². The number of thiazole rings is 2. The SMILES string of the molecule is CC(C)(C)OC(=O)NCCCNc1nc(N)c(C(=O)c2cccc(OCc3csc(Cl)n3)c2)s1. The first kappa shape index (κ1) is 25.7. The van der Waals surface area contributed by atoms with E-state index in [-0.39, 0.29) is 18.2 Å². The van der Waals surface area contributed by atoms with Crippen LogP contribution in [0.3, 0.4) is 0 Å². The first-order chi connectivity index (χ1) is 16.1. The lowest BCUT2D eigenvalue weighted by molar-refractivity contribution is 0.0527. The van der Waals surface area contributed by atoms with Crippen LogP contribution in [-0.2, 0) is 11.3 Å². The summed E-state index contributed by atoms with van der Waals surface area (Å²) in [4.78, 5) is 33.4. The van der Waals surface area contributed by atoms with Crippen LogP contribution in [0.2, 0.25) is 4.47 Å². The minimum absolute atomic E-state index is 0.160. The minimum Gasteiger partial charge on any atom is -0.487 e. The average Bonchev–Trinajstić information content (AvgIpc) is 3.35. The first-order valence-electron chi connectivity index (χ1n) is 10.5. The summed E-state index contributed by atoms with van der Waals surface area (Å²) < 4.78 is 11.4. The number of benzene rings is 1. The van der Waals surface area contributed by atoms with Crippen molar-refractivity contribution in [3.05, 3.63) is 50.2 Å². The van der Waals surface area contributed by atoms with E-state index in [9.17, 15) is 9.59 Å². The molecule has 0 bridgehead atoms. The van der Waals surface area contributed by atoms with Crippen LogP contribution in [-0.4, -0.2) is 40.5 Å². The second-order valence-electron chi connectivity index (χ2n) is 8.18. The summed E-state index contributed by atoms with van der Waals surface area (Å²) in [5.41, 5.74) is 6.62. The normalized spacial score (nSPS) is 11.2. The predicted octanol–water partition coefficient (Wildman–Crippen LogP) is 4.97. The Bertz CT molecular complexity index is 1140. The second kappa shape index (κ2) is 11.5. The molecule has 0 spiro atoms. The third kappa shape index (κ3) is 7.86. The Hall–Kier alpha value is -2.89. The van der Waals surface area contributed by atoms with Gasteiger partial charge in [0.25, 0.3) is 0 Å². The maximum absolute atomic E-state index is 13.0. The highest BCUT2D eigenvalue weighted by atomic mass is 35.5. The molecule has 1 amide bonds. The highest BCUT2D eigenvalue weighted by Gasteiger charge is 2.19. The molecule has 2 heterocycles. The van der Waals surface area contributed by atoms with E-state index in [1.165, 1.54) is 22.7 Å². The van der Waals surface area contributed by atoms with Crippen molar-refractivity contribution in [2.45, 2.75) is 39.4 Å². The highest BCUT2D eigenvalue weighted by molar-refractivity contribution is 7.18. The third-order valence-electron chi connectivity index (χ3n) is 4.16. The van der Waals surface area contributed by atoms with E-state index in [1.54, 1.807) is 24.3 Å². The molecule has 0 aliphatic heterocycles. The summed E-state index contributed by atoms with van der Waals surface area (Å²) in [6.45, 7) is 6.65. The largest absolute Gasteiger partial charge is 0.487 e. The van der Waals surface area contributed by atoms with Crippen molar-refractivity contribution in [1.82, 2.24) is 15.3 Å². The molecule has 3 aromatic rings. The van der Waals surface area contributed by atoms with Crippen molar-refractivity contribution in [1.29, 1.82) is 0 Å². The van der Waals surface area contributed by atoms with Crippen LogP contribution in [0.1, 0.15) is 48.1 Å². The lowest BCUT2D eigenvalue weighted by Crippen LogP contribution is -2.33. The Kier molecular flexibility index (Phi) is 8.70. The van der Waals surface area contributed by atoms with E-state index in [1.807, 2.05) is 26.2 Å². The molecule has 2 aromatic heterocycles. The zero-order valence-corrected chi connectivity index (χ0v) is 21.4. The molecule has 0 aliphatic carbocycles. The van der Waals surface area contributed by atoms with Crippen LogP contribution in [0.5, 0.6) is 5.75 Å².